The van der Waals surface area contributed by atoms with E-state index >= 15 is 0 Å². The van der Waals surface area contributed by atoms with Crippen molar-refractivity contribution < 1.29 is 19.4 Å². The van der Waals surface area contributed by atoms with Gasteiger partial charge in [0.25, 0.3) is 0 Å². The first-order valence-electron chi connectivity index (χ1n) is 6.02. The lowest BCUT2D eigenvalue weighted by Crippen LogP contribution is -1.97. The largest absolute Gasteiger partial charge is 0.493 e. The highest BCUT2D eigenvalue weighted by Crippen LogP contribution is 2.31. The van der Waals surface area contributed by atoms with Gasteiger partial charge < -0.3 is 19.6 Å². The third kappa shape index (κ3) is 2.16. The van der Waals surface area contributed by atoms with Crippen LogP contribution in [0.3, 0.4) is 0 Å². The topological polar surface area (TPSA) is 102 Å². The van der Waals surface area contributed by atoms with E-state index in [2.05, 4.69) is 15.1 Å². The molecule has 21 heavy (non-hydrogen) atoms. The molecule has 0 amide bonds. The number of nitrogens with one attached hydrogen (secondary N) is 1. The molecule has 0 fully saturated rings. The molecular formula is C13H12N4O4. The van der Waals surface area contributed by atoms with Crippen molar-refractivity contribution in [2.75, 3.05) is 14.2 Å². The second-order valence-corrected chi connectivity index (χ2v) is 4.26. The number of ether oxygens (including phenoxy) is 2. The summed E-state index contributed by atoms with van der Waals surface area (Å²) < 4.78 is 11.8. The number of carboxylic acid groups (broad SMARTS) is 1. The quantitative estimate of drug-likeness (QED) is 0.753. The van der Waals surface area contributed by atoms with Crippen molar-refractivity contribution in [1.82, 2.24) is 19.7 Å². The van der Waals surface area contributed by atoms with E-state index in [-0.39, 0.29) is 5.56 Å². The summed E-state index contributed by atoms with van der Waals surface area (Å²) >= 11 is 0. The third-order valence-electron chi connectivity index (χ3n) is 3.02. The van der Waals surface area contributed by atoms with Gasteiger partial charge in [-0.3, -0.25) is 0 Å². The Morgan fingerprint density at radius 3 is 2.62 bits per heavy atom. The van der Waals surface area contributed by atoms with Crippen molar-refractivity contribution in [3.8, 4) is 17.4 Å². The van der Waals surface area contributed by atoms with Gasteiger partial charge in [-0.1, -0.05) is 0 Å². The average Bonchev–Trinajstić information content (AvgIpc) is 3.11. The summed E-state index contributed by atoms with van der Waals surface area (Å²) in [5.41, 5.74) is 1.48. The summed E-state index contributed by atoms with van der Waals surface area (Å²) in [4.78, 5) is 18.3. The normalized spacial score (nSPS) is 10.8. The highest BCUT2D eigenvalue weighted by atomic mass is 16.5. The van der Waals surface area contributed by atoms with Crippen molar-refractivity contribution >= 4 is 17.0 Å². The van der Waals surface area contributed by atoms with Gasteiger partial charge in [0.2, 0.25) is 5.95 Å². The number of hydrogen-bond acceptors (Lipinski definition) is 5. The summed E-state index contributed by atoms with van der Waals surface area (Å²) in [6, 6.07) is 3.49. The molecule has 2 N–H and O–H groups in total. The molecule has 2 heterocycles. The van der Waals surface area contributed by atoms with E-state index in [1.54, 1.807) is 26.4 Å². The van der Waals surface area contributed by atoms with Crippen LogP contribution in [-0.2, 0) is 0 Å². The minimum absolute atomic E-state index is 0.0885. The van der Waals surface area contributed by atoms with Gasteiger partial charge in [-0.25, -0.2) is 14.5 Å². The maximum absolute atomic E-state index is 10.9. The number of carboxylic acids is 1. The van der Waals surface area contributed by atoms with Crippen LogP contribution in [0.4, 0.5) is 0 Å². The van der Waals surface area contributed by atoms with Crippen LogP contribution in [0, 0.1) is 0 Å². The summed E-state index contributed by atoms with van der Waals surface area (Å²) in [6.07, 6.45) is 2.64. The van der Waals surface area contributed by atoms with Crippen LogP contribution in [-0.4, -0.2) is 45.0 Å². The molecule has 0 aliphatic carbocycles. The second-order valence-electron chi connectivity index (χ2n) is 4.26. The van der Waals surface area contributed by atoms with E-state index < -0.39 is 5.97 Å². The van der Waals surface area contributed by atoms with Crippen LogP contribution in [0.1, 0.15) is 10.4 Å². The van der Waals surface area contributed by atoms with Crippen LogP contribution in [0.2, 0.25) is 0 Å². The Morgan fingerprint density at radius 2 is 2.00 bits per heavy atom. The minimum Gasteiger partial charge on any atom is -0.493 e. The molecule has 1 aromatic carbocycles. The number of hydrogen-bond donors (Lipinski definition) is 2. The number of aromatic amines is 1. The van der Waals surface area contributed by atoms with E-state index in [0.717, 1.165) is 5.52 Å². The first-order valence-corrected chi connectivity index (χ1v) is 6.02. The van der Waals surface area contributed by atoms with Gasteiger partial charge in [-0.2, -0.15) is 5.10 Å². The molecule has 0 atom stereocenters. The Bertz CT molecular complexity index is 780. The molecule has 0 radical (unpaired) electrons. The van der Waals surface area contributed by atoms with Crippen molar-refractivity contribution in [2.24, 2.45) is 0 Å². The van der Waals surface area contributed by atoms with Crippen molar-refractivity contribution in [2.45, 2.75) is 0 Å². The number of aromatic nitrogens is 4. The fourth-order valence-electron chi connectivity index (χ4n) is 1.98. The third-order valence-corrected chi connectivity index (χ3v) is 3.02. The number of carbonyl (C=O) groups is 1. The lowest BCUT2D eigenvalue weighted by molar-refractivity contribution is 0.0697. The number of rotatable bonds is 4. The van der Waals surface area contributed by atoms with Gasteiger partial charge in [-0.15, -0.1) is 0 Å². The molecule has 108 valence electrons. The smallest absolute Gasteiger partial charge is 0.338 e. The summed E-state index contributed by atoms with van der Waals surface area (Å²) in [5, 5.41) is 12.9. The molecule has 0 saturated carbocycles. The monoisotopic (exact) mass is 288 g/mol. The zero-order valence-electron chi connectivity index (χ0n) is 11.3. The lowest BCUT2D eigenvalue weighted by atomic mass is 10.3. The van der Waals surface area contributed by atoms with Gasteiger partial charge in [0.15, 0.2) is 11.5 Å². The fraction of sp³-hybridized carbons (Fsp3) is 0.154. The number of methoxy groups -OCH3 is 2. The van der Waals surface area contributed by atoms with Gasteiger partial charge in [0.05, 0.1) is 37.0 Å². The van der Waals surface area contributed by atoms with Gasteiger partial charge in [-0.05, 0) is 0 Å². The molecule has 0 saturated heterocycles. The minimum atomic E-state index is -1.04. The maximum atomic E-state index is 10.9. The van der Waals surface area contributed by atoms with Gasteiger partial charge in [0.1, 0.15) is 0 Å². The number of benzene rings is 1. The Kier molecular flexibility index (Phi) is 2.98. The van der Waals surface area contributed by atoms with E-state index in [4.69, 9.17) is 14.6 Å². The standard InChI is InChI=1S/C13H12N4O4/c1-20-10-3-8-9(4-11(10)21-2)16-13(15-8)17-6-7(5-14-17)12(18)19/h3-6H,1-2H3,(H,15,16)(H,18,19). The molecule has 0 aliphatic heterocycles. The van der Waals surface area contributed by atoms with Crippen molar-refractivity contribution in [1.29, 1.82) is 0 Å². The SMILES string of the molecule is COc1cc2nc(-n3cc(C(=O)O)cn3)[nH]c2cc1OC. The molecule has 0 spiro atoms. The lowest BCUT2D eigenvalue weighted by Gasteiger charge is -2.05. The Hall–Kier alpha value is -3.03. The predicted molar refractivity (Wildman–Crippen MR) is 73.3 cm³/mol. The van der Waals surface area contributed by atoms with Gasteiger partial charge in [0, 0.05) is 18.3 Å². The fourth-order valence-corrected chi connectivity index (χ4v) is 1.98. The molecule has 3 aromatic rings. The van der Waals surface area contributed by atoms with Crippen LogP contribution in [0.5, 0.6) is 11.5 Å². The zero-order chi connectivity index (χ0) is 15.0. The van der Waals surface area contributed by atoms with Crippen molar-refractivity contribution in [3.05, 3.63) is 30.1 Å². The average molecular weight is 288 g/mol. The van der Waals surface area contributed by atoms with E-state index in [1.165, 1.54) is 17.1 Å². The summed E-state index contributed by atoms with van der Waals surface area (Å²) in [5.74, 6) is 0.509. The van der Waals surface area contributed by atoms with E-state index in [9.17, 15) is 4.79 Å². The van der Waals surface area contributed by atoms with E-state index in [0.29, 0.717) is 23.0 Å². The first kappa shape index (κ1) is 13.0. The number of nitrogens with zero attached hydrogens (tertiary/aromatic N) is 3. The Balaban J connectivity index is 2.09. The molecule has 3 rings (SSSR count). The number of H-pyrrole nitrogens is 1. The molecule has 0 bridgehead atoms. The molecule has 8 nitrogen and oxygen atoms in total. The molecule has 2 aromatic heterocycles. The summed E-state index contributed by atoms with van der Waals surface area (Å²) in [6.45, 7) is 0. The van der Waals surface area contributed by atoms with Crippen molar-refractivity contribution in [3.63, 3.8) is 0 Å². The molecule has 8 heteroatoms. The van der Waals surface area contributed by atoms with Crippen LogP contribution in [0.15, 0.2) is 24.5 Å². The van der Waals surface area contributed by atoms with Crippen LogP contribution in [0.25, 0.3) is 17.0 Å². The Morgan fingerprint density at radius 1 is 1.29 bits per heavy atom. The highest BCUT2D eigenvalue weighted by Gasteiger charge is 2.13. The second kappa shape index (κ2) is 4.82. The molecular weight excluding hydrogens is 276 g/mol. The Labute approximate surface area is 118 Å². The number of aromatic carboxylic acids is 1. The van der Waals surface area contributed by atoms with Gasteiger partial charge >= 0.3 is 5.97 Å². The van der Waals surface area contributed by atoms with Crippen LogP contribution >= 0.6 is 0 Å². The van der Waals surface area contributed by atoms with E-state index in [1.807, 2.05) is 0 Å². The summed E-state index contributed by atoms with van der Waals surface area (Å²) in [7, 11) is 3.09. The predicted octanol–water partition coefficient (Wildman–Crippen LogP) is 1.46. The van der Waals surface area contributed by atoms with Crippen LogP contribution < -0.4 is 9.47 Å². The molecule has 0 unspecified atom stereocenters. The number of imidazole rings is 1. The number of fused-ring (bicyclic) bond motifs is 1. The molecule has 0 aliphatic rings. The first-order chi connectivity index (χ1) is 10.1. The maximum Gasteiger partial charge on any atom is 0.338 e. The highest BCUT2D eigenvalue weighted by molar-refractivity contribution is 5.87. The zero-order valence-corrected chi connectivity index (χ0v) is 11.3.